The zero-order chi connectivity index (χ0) is 18.6. The van der Waals surface area contributed by atoms with Crippen LogP contribution < -0.4 is 5.32 Å². The zero-order valence-electron chi connectivity index (χ0n) is 12.9. The molecule has 0 aliphatic heterocycles. The Hall–Kier alpha value is -2.54. The van der Waals surface area contributed by atoms with Crippen molar-refractivity contribution in [2.75, 3.05) is 5.32 Å². The molecule has 0 spiro atoms. The quantitative estimate of drug-likeness (QED) is 0.803. The molecule has 132 valence electrons. The van der Waals surface area contributed by atoms with Crippen LogP contribution in [0.2, 0.25) is 5.02 Å². The van der Waals surface area contributed by atoms with E-state index in [1.54, 1.807) is 24.3 Å². The lowest BCUT2D eigenvalue weighted by molar-refractivity contribution is -0.137. The number of esters is 1. The van der Waals surface area contributed by atoms with E-state index in [2.05, 4.69) is 5.32 Å². The van der Waals surface area contributed by atoms with Crippen molar-refractivity contribution in [3.63, 3.8) is 0 Å². The first-order valence-corrected chi connectivity index (χ1v) is 7.49. The maximum Gasteiger partial charge on any atom is 0.416 e. The molecule has 2 aromatic carbocycles. The van der Waals surface area contributed by atoms with E-state index in [0.717, 1.165) is 24.3 Å². The van der Waals surface area contributed by atoms with E-state index in [1.165, 1.54) is 6.92 Å². The van der Waals surface area contributed by atoms with Crippen LogP contribution in [0.1, 0.15) is 22.8 Å². The highest BCUT2D eigenvalue weighted by Crippen LogP contribution is 2.29. The second kappa shape index (κ2) is 7.57. The summed E-state index contributed by atoms with van der Waals surface area (Å²) < 4.78 is 42.4. The number of hydrogen-bond donors (Lipinski definition) is 1. The van der Waals surface area contributed by atoms with Crippen molar-refractivity contribution in [3.05, 3.63) is 64.7 Å². The number of rotatable bonds is 4. The number of benzene rings is 2. The van der Waals surface area contributed by atoms with Gasteiger partial charge in [-0.1, -0.05) is 11.6 Å². The van der Waals surface area contributed by atoms with E-state index in [0.29, 0.717) is 10.7 Å². The first kappa shape index (κ1) is 18.8. The summed E-state index contributed by atoms with van der Waals surface area (Å²) in [6.07, 6.45) is -5.63. The average Bonchev–Trinajstić information content (AvgIpc) is 2.56. The molecule has 2 aromatic rings. The number of amides is 1. The molecule has 0 bridgehead atoms. The molecule has 0 fully saturated rings. The summed E-state index contributed by atoms with van der Waals surface area (Å²) in [5.74, 6) is -1.48. The summed E-state index contributed by atoms with van der Waals surface area (Å²) in [7, 11) is 0. The summed E-state index contributed by atoms with van der Waals surface area (Å²) in [6, 6.07) is 9.84. The van der Waals surface area contributed by atoms with Gasteiger partial charge in [-0.25, -0.2) is 4.79 Å². The molecule has 1 amide bonds. The number of alkyl halides is 3. The van der Waals surface area contributed by atoms with E-state index < -0.39 is 29.7 Å². The molecule has 0 aliphatic carbocycles. The highest BCUT2D eigenvalue weighted by atomic mass is 35.5. The number of carbonyl (C=O) groups excluding carboxylic acids is 2. The molecule has 1 atom stereocenters. The molecule has 0 aliphatic rings. The molecule has 0 saturated heterocycles. The lowest BCUT2D eigenvalue weighted by atomic mass is 10.1. The summed E-state index contributed by atoms with van der Waals surface area (Å²) in [5, 5.41) is 3.03. The van der Waals surface area contributed by atoms with Gasteiger partial charge in [0, 0.05) is 10.7 Å². The molecule has 1 N–H and O–H groups in total. The molecule has 25 heavy (non-hydrogen) atoms. The first-order valence-electron chi connectivity index (χ1n) is 7.11. The fourth-order valence-corrected chi connectivity index (χ4v) is 1.98. The van der Waals surface area contributed by atoms with E-state index in [9.17, 15) is 22.8 Å². The van der Waals surface area contributed by atoms with Crippen LogP contribution in [0, 0.1) is 0 Å². The summed E-state index contributed by atoms with van der Waals surface area (Å²) in [4.78, 5) is 23.9. The Kier molecular flexibility index (Phi) is 5.69. The van der Waals surface area contributed by atoms with Gasteiger partial charge in [-0.05, 0) is 55.5 Å². The van der Waals surface area contributed by atoms with Gasteiger partial charge < -0.3 is 10.1 Å². The van der Waals surface area contributed by atoms with Gasteiger partial charge in [0.1, 0.15) is 0 Å². The molecule has 2 rings (SSSR count). The second-order valence-electron chi connectivity index (χ2n) is 5.12. The highest BCUT2D eigenvalue weighted by molar-refractivity contribution is 6.30. The number of hydrogen-bond acceptors (Lipinski definition) is 3. The van der Waals surface area contributed by atoms with Crippen molar-refractivity contribution in [1.82, 2.24) is 0 Å². The first-order chi connectivity index (χ1) is 11.7. The smallest absolute Gasteiger partial charge is 0.416 e. The Bertz CT molecular complexity index is 758. The lowest BCUT2D eigenvalue weighted by Crippen LogP contribution is -2.30. The lowest BCUT2D eigenvalue weighted by Gasteiger charge is -2.14. The molecular formula is C17H13ClF3NO3. The van der Waals surface area contributed by atoms with E-state index >= 15 is 0 Å². The number of anilines is 1. The molecular weight excluding hydrogens is 359 g/mol. The fourth-order valence-electron chi connectivity index (χ4n) is 1.85. The Balaban J connectivity index is 1.97. The molecule has 4 nitrogen and oxygen atoms in total. The van der Waals surface area contributed by atoms with Crippen LogP contribution in [-0.4, -0.2) is 18.0 Å². The van der Waals surface area contributed by atoms with E-state index in [-0.39, 0.29) is 5.56 Å². The Morgan fingerprint density at radius 1 is 1.04 bits per heavy atom. The van der Waals surface area contributed by atoms with E-state index in [1.807, 2.05) is 0 Å². The maximum absolute atomic E-state index is 12.5. The monoisotopic (exact) mass is 371 g/mol. The number of nitrogens with one attached hydrogen (secondary N) is 1. The summed E-state index contributed by atoms with van der Waals surface area (Å²) >= 11 is 5.73. The van der Waals surface area contributed by atoms with Crippen molar-refractivity contribution in [1.29, 1.82) is 0 Å². The van der Waals surface area contributed by atoms with E-state index in [4.69, 9.17) is 16.3 Å². The van der Waals surface area contributed by atoms with Gasteiger partial charge >= 0.3 is 12.1 Å². The largest absolute Gasteiger partial charge is 0.449 e. The van der Waals surface area contributed by atoms with Gasteiger partial charge in [0.2, 0.25) is 0 Å². The van der Waals surface area contributed by atoms with Gasteiger partial charge in [0.05, 0.1) is 11.1 Å². The summed E-state index contributed by atoms with van der Waals surface area (Å²) in [6.45, 7) is 1.35. The minimum Gasteiger partial charge on any atom is -0.449 e. The molecule has 0 heterocycles. The summed E-state index contributed by atoms with van der Waals surface area (Å²) in [5.41, 5.74) is -0.497. The minimum atomic E-state index is -4.49. The zero-order valence-corrected chi connectivity index (χ0v) is 13.7. The van der Waals surface area contributed by atoms with Crippen molar-refractivity contribution < 1.29 is 27.5 Å². The van der Waals surface area contributed by atoms with Crippen molar-refractivity contribution >= 4 is 29.2 Å². The van der Waals surface area contributed by atoms with Crippen LogP contribution in [0.15, 0.2) is 48.5 Å². The molecule has 0 unspecified atom stereocenters. The van der Waals surface area contributed by atoms with Crippen LogP contribution in [0.4, 0.5) is 18.9 Å². The molecule has 0 saturated carbocycles. The predicted octanol–water partition coefficient (Wildman–Crippen LogP) is 4.54. The second-order valence-corrected chi connectivity index (χ2v) is 5.56. The van der Waals surface area contributed by atoms with Crippen LogP contribution >= 0.6 is 11.6 Å². The molecule has 8 heteroatoms. The third-order valence-corrected chi connectivity index (χ3v) is 3.46. The van der Waals surface area contributed by atoms with Crippen molar-refractivity contribution in [2.45, 2.75) is 19.2 Å². The number of ether oxygens (including phenoxy) is 1. The third kappa shape index (κ3) is 5.22. The van der Waals surface area contributed by atoms with Gasteiger partial charge in [-0.3, -0.25) is 4.79 Å². The highest BCUT2D eigenvalue weighted by Gasteiger charge is 2.30. The number of carbonyl (C=O) groups is 2. The maximum atomic E-state index is 12.5. The Morgan fingerprint density at radius 3 is 2.12 bits per heavy atom. The van der Waals surface area contributed by atoms with Crippen LogP contribution in [0.3, 0.4) is 0 Å². The van der Waals surface area contributed by atoms with Gasteiger partial charge in [0.25, 0.3) is 5.91 Å². The Morgan fingerprint density at radius 2 is 1.60 bits per heavy atom. The predicted molar refractivity (Wildman–Crippen MR) is 86.4 cm³/mol. The van der Waals surface area contributed by atoms with Crippen molar-refractivity contribution in [3.8, 4) is 0 Å². The SMILES string of the molecule is C[C@H](OC(=O)c1ccc(C(F)(F)F)cc1)C(=O)Nc1ccc(Cl)cc1. The van der Waals surface area contributed by atoms with Gasteiger partial charge in [-0.15, -0.1) is 0 Å². The fraction of sp³-hybridized carbons (Fsp3) is 0.176. The van der Waals surface area contributed by atoms with Crippen LogP contribution in [0.5, 0.6) is 0 Å². The standard InChI is InChI=1S/C17H13ClF3NO3/c1-10(15(23)22-14-8-6-13(18)7-9-14)25-16(24)11-2-4-12(5-3-11)17(19,20)21/h2-10H,1H3,(H,22,23)/t10-/m0/s1. The third-order valence-electron chi connectivity index (χ3n) is 3.21. The Labute approximate surface area is 146 Å². The number of halogens is 4. The van der Waals surface area contributed by atoms with Gasteiger partial charge in [0.15, 0.2) is 6.10 Å². The van der Waals surface area contributed by atoms with Crippen molar-refractivity contribution in [2.24, 2.45) is 0 Å². The van der Waals surface area contributed by atoms with Gasteiger partial charge in [-0.2, -0.15) is 13.2 Å². The molecule has 0 radical (unpaired) electrons. The van der Waals surface area contributed by atoms with Crippen LogP contribution in [-0.2, 0) is 15.7 Å². The average molecular weight is 372 g/mol. The van der Waals surface area contributed by atoms with Crippen LogP contribution in [0.25, 0.3) is 0 Å². The minimum absolute atomic E-state index is 0.0841. The normalized spacial score (nSPS) is 12.4. The molecule has 0 aromatic heterocycles. The topological polar surface area (TPSA) is 55.4 Å².